The second kappa shape index (κ2) is 4.27. The van der Waals surface area contributed by atoms with Crippen LogP contribution in [0, 0.1) is 0 Å². The lowest BCUT2D eigenvalue weighted by Gasteiger charge is -2.21. The summed E-state index contributed by atoms with van der Waals surface area (Å²) in [4.78, 5) is 0. The summed E-state index contributed by atoms with van der Waals surface area (Å²) in [5.41, 5.74) is 7.35. The largest absolute Gasteiger partial charge is 0.456 e. The van der Waals surface area contributed by atoms with Crippen LogP contribution in [0.15, 0.2) is 63.5 Å². The highest BCUT2D eigenvalue weighted by atomic mass is 79.9. The maximum atomic E-state index is 6.12. The van der Waals surface area contributed by atoms with E-state index < -0.39 is 0 Å². The fraction of sp³-hybridized carbons (Fsp3) is 0.143. The van der Waals surface area contributed by atoms with Crippen LogP contribution in [0.3, 0.4) is 0 Å². The predicted octanol–water partition coefficient (Wildman–Crippen LogP) is 6.65. The van der Waals surface area contributed by atoms with Gasteiger partial charge in [-0.3, -0.25) is 0 Å². The Morgan fingerprint density at radius 2 is 1.57 bits per heavy atom. The molecule has 2 heteroatoms. The zero-order chi connectivity index (χ0) is 15.8. The first-order chi connectivity index (χ1) is 11.1. The summed E-state index contributed by atoms with van der Waals surface area (Å²) < 4.78 is 7.16. The standard InChI is InChI=1S/C21H15BrO/c1-21(2)17-6-4-3-5-13(17)15-10-16-14-8-7-12(22)9-19(14)23-20(16)11-18(15)21/h3-11H,1-2H3. The smallest absolute Gasteiger partial charge is 0.136 e. The zero-order valence-electron chi connectivity index (χ0n) is 13.0. The molecular weight excluding hydrogens is 348 g/mol. The maximum Gasteiger partial charge on any atom is 0.136 e. The highest BCUT2D eigenvalue weighted by molar-refractivity contribution is 9.10. The molecule has 1 aliphatic carbocycles. The minimum Gasteiger partial charge on any atom is -0.456 e. The van der Waals surface area contributed by atoms with Gasteiger partial charge < -0.3 is 4.42 Å². The Morgan fingerprint density at radius 3 is 2.43 bits per heavy atom. The van der Waals surface area contributed by atoms with Crippen LogP contribution in [0.25, 0.3) is 33.1 Å². The van der Waals surface area contributed by atoms with E-state index in [1.54, 1.807) is 0 Å². The molecule has 3 aromatic carbocycles. The van der Waals surface area contributed by atoms with Crippen LogP contribution in [-0.2, 0) is 5.41 Å². The van der Waals surface area contributed by atoms with E-state index in [9.17, 15) is 0 Å². The Balaban J connectivity index is 1.93. The number of benzene rings is 3. The number of fused-ring (bicyclic) bond motifs is 6. The molecule has 0 aliphatic heterocycles. The predicted molar refractivity (Wildman–Crippen MR) is 99.0 cm³/mol. The maximum absolute atomic E-state index is 6.12. The summed E-state index contributed by atoms with van der Waals surface area (Å²) in [6, 6.07) is 19.5. The molecule has 0 saturated carbocycles. The summed E-state index contributed by atoms with van der Waals surface area (Å²) >= 11 is 3.52. The van der Waals surface area contributed by atoms with Crippen molar-refractivity contribution in [2.75, 3.05) is 0 Å². The Morgan fingerprint density at radius 1 is 0.783 bits per heavy atom. The summed E-state index contributed by atoms with van der Waals surface area (Å²) in [6.07, 6.45) is 0. The van der Waals surface area contributed by atoms with Crippen LogP contribution in [-0.4, -0.2) is 0 Å². The van der Waals surface area contributed by atoms with E-state index in [1.165, 1.54) is 33.0 Å². The highest BCUT2D eigenvalue weighted by Crippen LogP contribution is 2.50. The van der Waals surface area contributed by atoms with Gasteiger partial charge in [0, 0.05) is 20.7 Å². The molecule has 0 radical (unpaired) electrons. The molecule has 4 aromatic rings. The van der Waals surface area contributed by atoms with Gasteiger partial charge >= 0.3 is 0 Å². The third-order valence-corrected chi connectivity index (χ3v) is 5.63. The summed E-state index contributed by atoms with van der Waals surface area (Å²) in [5.74, 6) is 0. The van der Waals surface area contributed by atoms with E-state index in [2.05, 4.69) is 78.3 Å². The van der Waals surface area contributed by atoms with Crippen molar-refractivity contribution < 1.29 is 4.42 Å². The van der Waals surface area contributed by atoms with E-state index in [-0.39, 0.29) is 5.41 Å². The molecule has 0 saturated heterocycles. The molecule has 0 fully saturated rings. The van der Waals surface area contributed by atoms with Crippen LogP contribution in [0.2, 0.25) is 0 Å². The Labute approximate surface area is 143 Å². The van der Waals surface area contributed by atoms with Gasteiger partial charge in [-0.05, 0) is 52.6 Å². The van der Waals surface area contributed by atoms with E-state index in [0.29, 0.717) is 0 Å². The van der Waals surface area contributed by atoms with Crippen LogP contribution in [0.5, 0.6) is 0 Å². The first-order valence-electron chi connectivity index (χ1n) is 7.82. The van der Waals surface area contributed by atoms with E-state index in [0.717, 1.165) is 15.6 Å². The van der Waals surface area contributed by atoms with Gasteiger partial charge in [-0.1, -0.05) is 54.0 Å². The normalized spacial score (nSPS) is 15.1. The van der Waals surface area contributed by atoms with Gasteiger partial charge in [-0.25, -0.2) is 0 Å². The van der Waals surface area contributed by atoms with Crippen LogP contribution in [0.1, 0.15) is 25.0 Å². The Bertz CT molecular complexity index is 1100. The molecule has 0 N–H and O–H groups in total. The Hall–Kier alpha value is -2.06. The SMILES string of the molecule is CC1(C)c2ccccc2-c2cc3c(cc21)oc1cc(Br)ccc13. The number of rotatable bonds is 0. The molecule has 1 nitrogen and oxygen atoms in total. The summed E-state index contributed by atoms with van der Waals surface area (Å²) in [6.45, 7) is 4.59. The first kappa shape index (κ1) is 13.4. The van der Waals surface area contributed by atoms with Gasteiger partial charge in [-0.15, -0.1) is 0 Å². The molecule has 112 valence electrons. The van der Waals surface area contributed by atoms with Gasteiger partial charge in [0.15, 0.2) is 0 Å². The summed E-state index contributed by atoms with van der Waals surface area (Å²) in [7, 11) is 0. The minimum atomic E-state index is 0.0136. The van der Waals surface area contributed by atoms with Crippen molar-refractivity contribution in [3.63, 3.8) is 0 Å². The van der Waals surface area contributed by atoms with Gasteiger partial charge in [0.1, 0.15) is 11.2 Å². The highest BCUT2D eigenvalue weighted by Gasteiger charge is 2.35. The van der Waals surface area contributed by atoms with Crippen LogP contribution in [0.4, 0.5) is 0 Å². The molecule has 5 rings (SSSR count). The van der Waals surface area contributed by atoms with Crippen LogP contribution >= 0.6 is 15.9 Å². The Kier molecular flexibility index (Phi) is 2.48. The lowest BCUT2D eigenvalue weighted by molar-refractivity contribution is 0.647. The average molecular weight is 363 g/mol. The molecule has 1 aromatic heterocycles. The van der Waals surface area contributed by atoms with Crippen molar-refractivity contribution in [2.45, 2.75) is 19.3 Å². The number of hydrogen-bond donors (Lipinski definition) is 0. The third kappa shape index (κ3) is 1.67. The molecule has 0 atom stereocenters. The molecule has 0 amide bonds. The number of hydrogen-bond acceptors (Lipinski definition) is 1. The van der Waals surface area contributed by atoms with Crippen molar-refractivity contribution in [3.05, 3.63) is 70.2 Å². The van der Waals surface area contributed by atoms with Crippen molar-refractivity contribution >= 4 is 37.9 Å². The second-order valence-electron chi connectivity index (χ2n) is 6.81. The monoisotopic (exact) mass is 362 g/mol. The fourth-order valence-electron chi connectivity index (χ4n) is 3.94. The summed E-state index contributed by atoms with van der Waals surface area (Å²) in [5, 5.41) is 2.37. The van der Waals surface area contributed by atoms with Gasteiger partial charge in [0.25, 0.3) is 0 Å². The van der Waals surface area contributed by atoms with Crippen molar-refractivity contribution in [1.29, 1.82) is 0 Å². The van der Waals surface area contributed by atoms with Crippen molar-refractivity contribution in [3.8, 4) is 11.1 Å². The molecule has 1 aliphatic rings. The zero-order valence-corrected chi connectivity index (χ0v) is 14.6. The minimum absolute atomic E-state index is 0.0136. The van der Waals surface area contributed by atoms with E-state index in [4.69, 9.17) is 4.42 Å². The fourth-order valence-corrected chi connectivity index (χ4v) is 4.28. The van der Waals surface area contributed by atoms with E-state index in [1.807, 2.05) is 6.07 Å². The molecule has 23 heavy (non-hydrogen) atoms. The lowest BCUT2D eigenvalue weighted by Crippen LogP contribution is -2.14. The third-order valence-electron chi connectivity index (χ3n) is 5.14. The van der Waals surface area contributed by atoms with Crippen molar-refractivity contribution in [2.24, 2.45) is 0 Å². The van der Waals surface area contributed by atoms with E-state index >= 15 is 0 Å². The van der Waals surface area contributed by atoms with Gasteiger partial charge in [-0.2, -0.15) is 0 Å². The molecule has 0 spiro atoms. The first-order valence-corrected chi connectivity index (χ1v) is 8.61. The topological polar surface area (TPSA) is 13.1 Å². The number of furan rings is 1. The van der Waals surface area contributed by atoms with Gasteiger partial charge in [0.2, 0.25) is 0 Å². The molecule has 0 bridgehead atoms. The molecular formula is C21H15BrO. The van der Waals surface area contributed by atoms with Crippen LogP contribution < -0.4 is 0 Å². The van der Waals surface area contributed by atoms with Gasteiger partial charge in [0.05, 0.1) is 0 Å². The lowest BCUT2D eigenvalue weighted by atomic mass is 9.82. The molecule has 1 heterocycles. The number of halogens is 1. The molecule has 0 unspecified atom stereocenters. The quantitative estimate of drug-likeness (QED) is 0.341. The average Bonchev–Trinajstić information content (AvgIpc) is 2.99. The van der Waals surface area contributed by atoms with Crippen molar-refractivity contribution in [1.82, 2.24) is 0 Å². The second-order valence-corrected chi connectivity index (χ2v) is 7.72.